The Morgan fingerprint density at radius 2 is 2.00 bits per heavy atom. The van der Waals surface area contributed by atoms with Crippen LogP contribution in [0, 0.1) is 0 Å². The van der Waals surface area contributed by atoms with Crippen LogP contribution in [0.25, 0.3) is 0 Å². The molecule has 0 bridgehead atoms. The average Bonchev–Trinajstić information content (AvgIpc) is 2.21. The first-order valence-electron chi connectivity index (χ1n) is 4.06. The number of aliphatic hydroxyl groups is 1. The molecule has 0 radical (unpaired) electrons. The molecule has 0 saturated heterocycles. The summed E-state index contributed by atoms with van der Waals surface area (Å²) in [6.07, 6.45) is 1.53. The molecule has 1 atom stereocenters. The third kappa shape index (κ3) is 8.66. The molecule has 6 heteroatoms. The highest BCUT2D eigenvalue weighted by Gasteiger charge is 2.00. The van der Waals surface area contributed by atoms with Gasteiger partial charge in [-0.2, -0.15) is 0 Å². The summed E-state index contributed by atoms with van der Waals surface area (Å²) >= 11 is 0. The third-order valence-corrected chi connectivity index (χ3v) is 1.18. The van der Waals surface area contributed by atoms with E-state index in [0.717, 1.165) is 6.08 Å². The lowest BCUT2D eigenvalue weighted by Gasteiger charge is -2.06. The SMILES string of the molecule is C=CC(O)OCCOC(=O)/C=C/C(=O)O. The lowest BCUT2D eigenvalue weighted by molar-refractivity contribution is -0.143. The molecule has 0 aliphatic carbocycles. The van der Waals surface area contributed by atoms with Crippen LogP contribution in [0.3, 0.4) is 0 Å². The Morgan fingerprint density at radius 3 is 2.53 bits per heavy atom. The quantitative estimate of drug-likeness (QED) is 0.199. The van der Waals surface area contributed by atoms with Gasteiger partial charge < -0.3 is 19.7 Å². The number of esters is 1. The monoisotopic (exact) mass is 216 g/mol. The molecule has 84 valence electrons. The van der Waals surface area contributed by atoms with Gasteiger partial charge in [-0.05, 0) is 6.08 Å². The zero-order valence-electron chi connectivity index (χ0n) is 7.96. The minimum atomic E-state index is -1.23. The maximum atomic E-state index is 10.8. The summed E-state index contributed by atoms with van der Waals surface area (Å²) in [5.41, 5.74) is 0. The van der Waals surface area contributed by atoms with E-state index in [1.807, 2.05) is 0 Å². The predicted octanol–water partition coefficient (Wildman–Crippen LogP) is -0.309. The number of carbonyl (C=O) groups is 2. The Kier molecular flexibility index (Phi) is 6.86. The normalized spacial score (nSPS) is 12.3. The molecule has 0 aromatic rings. The fourth-order valence-electron chi connectivity index (χ4n) is 0.567. The number of hydrogen-bond acceptors (Lipinski definition) is 5. The van der Waals surface area contributed by atoms with E-state index >= 15 is 0 Å². The summed E-state index contributed by atoms with van der Waals surface area (Å²) < 4.78 is 9.21. The molecule has 0 aromatic heterocycles. The second-order valence-corrected chi connectivity index (χ2v) is 2.34. The van der Waals surface area contributed by atoms with Crippen LogP contribution >= 0.6 is 0 Å². The summed E-state index contributed by atoms with van der Waals surface area (Å²) in [6.45, 7) is 3.19. The van der Waals surface area contributed by atoms with Crippen molar-refractivity contribution in [3.05, 3.63) is 24.8 Å². The lowest BCUT2D eigenvalue weighted by atomic mass is 10.5. The topological polar surface area (TPSA) is 93.1 Å². The van der Waals surface area contributed by atoms with E-state index in [1.54, 1.807) is 0 Å². The first-order valence-corrected chi connectivity index (χ1v) is 4.06. The molecule has 0 saturated carbocycles. The van der Waals surface area contributed by atoms with E-state index in [0.29, 0.717) is 6.08 Å². The Bertz CT molecular complexity index is 257. The summed E-state index contributed by atoms with van der Waals surface area (Å²) in [5, 5.41) is 17.0. The molecule has 0 aromatic carbocycles. The van der Waals surface area contributed by atoms with Crippen LogP contribution in [0.2, 0.25) is 0 Å². The van der Waals surface area contributed by atoms with Gasteiger partial charge in [-0.3, -0.25) is 0 Å². The minimum Gasteiger partial charge on any atom is -0.478 e. The molecule has 0 rings (SSSR count). The number of rotatable bonds is 7. The van der Waals surface area contributed by atoms with Gasteiger partial charge in [0.25, 0.3) is 0 Å². The van der Waals surface area contributed by atoms with Crippen molar-refractivity contribution in [1.29, 1.82) is 0 Å². The number of carboxylic acids is 1. The van der Waals surface area contributed by atoms with Crippen molar-refractivity contribution in [1.82, 2.24) is 0 Å². The summed E-state index contributed by atoms with van der Waals surface area (Å²) in [6, 6.07) is 0. The number of carbonyl (C=O) groups excluding carboxylic acids is 1. The fourth-order valence-corrected chi connectivity index (χ4v) is 0.567. The number of hydrogen-bond donors (Lipinski definition) is 2. The largest absolute Gasteiger partial charge is 0.478 e. The van der Waals surface area contributed by atoms with Gasteiger partial charge in [0.05, 0.1) is 6.61 Å². The first kappa shape index (κ1) is 13.3. The molecule has 1 unspecified atom stereocenters. The van der Waals surface area contributed by atoms with Crippen molar-refractivity contribution in [2.24, 2.45) is 0 Å². The van der Waals surface area contributed by atoms with Crippen molar-refractivity contribution < 1.29 is 29.3 Å². The van der Waals surface area contributed by atoms with Gasteiger partial charge in [0.1, 0.15) is 6.61 Å². The predicted molar refractivity (Wildman–Crippen MR) is 49.9 cm³/mol. The van der Waals surface area contributed by atoms with Crippen LogP contribution in [-0.4, -0.2) is 41.7 Å². The molecule has 0 spiro atoms. The molecule has 6 nitrogen and oxygen atoms in total. The summed E-state index contributed by atoms with van der Waals surface area (Å²) in [5.74, 6) is -2.01. The molecule has 2 N–H and O–H groups in total. The summed E-state index contributed by atoms with van der Waals surface area (Å²) in [7, 11) is 0. The van der Waals surface area contributed by atoms with E-state index in [9.17, 15) is 9.59 Å². The summed E-state index contributed by atoms with van der Waals surface area (Å²) in [4.78, 5) is 20.7. The van der Waals surface area contributed by atoms with Gasteiger partial charge in [0, 0.05) is 12.2 Å². The average molecular weight is 216 g/mol. The Morgan fingerprint density at radius 1 is 1.33 bits per heavy atom. The van der Waals surface area contributed by atoms with Crippen molar-refractivity contribution in [2.45, 2.75) is 6.29 Å². The van der Waals surface area contributed by atoms with Crippen LogP contribution in [0.5, 0.6) is 0 Å². The second kappa shape index (κ2) is 7.72. The van der Waals surface area contributed by atoms with E-state index in [1.165, 1.54) is 6.08 Å². The molecule has 0 fully saturated rings. The van der Waals surface area contributed by atoms with E-state index in [2.05, 4.69) is 16.1 Å². The molecule has 0 aliphatic heterocycles. The van der Waals surface area contributed by atoms with Crippen LogP contribution in [-0.2, 0) is 19.1 Å². The van der Waals surface area contributed by atoms with Crippen LogP contribution in [0.1, 0.15) is 0 Å². The highest BCUT2D eigenvalue weighted by atomic mass is 16.6. The standard InChI is InChI=1S/C9H12O6/c1-2-8(12)14-5-6-15-9(13)4-3-7(10)11/h2-4,8,12H,1,5-6H2,(H,10,11)/b4-3+. The smallest absolute Gasteiger partial charge is 0.331 e. The first-order chi connectivity index (χ1) is 7.06. The van der Waals surface area contributed by atoms with Gasteiger partial charge in [-0.15, -0.1) is 0 Å². The highest BCUT2D eigenvalue weighted by Crippen LogP contribution is 1.88. The zero-order valence-corrected chi connectivity index (χ0v) is 7.96. The minimum absolute atomic E-state index is 0.000161. The van der Waals surface area contributed by atoms with Gasteiger partial charge in [0.15, 0.2) is 6.29 Å². The van der Waals surface area contributed by atoms with Crippen molar-refractivity contribution >= 4 is 11.9 Å². The number of carboxylic acid groups (broad SMARTS) is 1. The number of aliphatic hydroxyl groups excluding tert-OH is 1. The van der Waals surface area contributed by atoms with E-state index < -0.39 is 18.2 Å². The van der Waals surface area contributed by atoms with E-state index in [-0.39, 0.29) is 13.2 Å². The third-order valence-electron chi connectivity index (χ3n) is 1.18. The Balaban J connectivity index is 3.55. The van der Waals surface area contributed by atoms with E-state index in [4.69, 9.17) is 10.2 Å². The van der Waals surface area contributed by atoms with Crippen molar-refractivity contribution in [2.75, 3.05) is 13.2 Å². The fraction of sp³-hybridized carbons (Fsp3) is 0.333. The molecular formula is C9H12O6. The lowest BCUT2D eigenvalue weighted by Crippen LogP contribution is -2.14. The van der Waals surface area contributed by atoms with Crippen LogP contribution in [0.4, 0.5) is 0 Å². The molecule has 15 heavy (non-hydrogen) atoms. The molecule has 0 amide bonds. The Labute approximate surface area is 86.4 Å². The van der Waals surface area contributed by atoms with Crippen LogP contribution in [0.15, 0.2) is 24.8 Å². The zero-order chi connectivity index (χ0) is 11.7. The number of ether oxygens (including phenoxy) is 2. The van der Waals surface area contributed by atoms with Crippen LogP contribution < -0.4 is 0 Å². The number of aliphatic carboxylic acids is 1. The van der Waals surface area contributed by atoms with Gasteiger partial charge >= 0.3 is 11.9 Å². The molecule has 0 aliphatic rings. The molecular weight excluding hydrogens is 204 g/mol. The second-order valence-electron chi connectivity index (χ2n) is 2.34. The maximum absolute atomic E-state index is 10.8. The van der Waals surface area contributed by atoms with Gasteiger partial charge in [-0.1, -0.05) is 6.58 Å². The molecule has 0 heterocycles. The van der Waals surface area contributed by atoms with Gasteiger partial charge in [-0.25, -0.2) is 9.59 Å². The van der Waals surface area contributed by atoms with Gasteiger partial charge in [0.2, 0.25) is 0 Å². The highest BCUT2D eigenvalue weighted by molar-refractivity contribution is 5.90. The van der Waals surface area contributed by atoms with Crippen molar-refractivity contribution in [3.8, 4) is 0 Å². The Hall–Kier alpha value is -1.66. The maximum Gasteiger partial charge on any atom is 0.331 e. The van der Waals surface area contributed by atoms with Crippen molar-refractivity contribution in [3.63, 3.8) is 0 Å².